The van der Waals surface area contributed by atoms with Gasteiger partial charge in [-0.2, -0.15) is 0 Å². The standard InChI is InChI=1S/C34H23BN3O2/c39-35-40-27-18-19-33-29(21-27)28-16-7-8-17-32(28)38(33)26-15-9-14-25(20-26)31-22-30(23-10-3-1-4-11-23)36-34(37-31)24-12-5-2-6-13-24/h1-22,39H. The lowest BCUT2D eigenvalue weighted by molar-refractivity contribution is 0.454. The molecule has 2 aromatic heterocycles. The van der Waals surface area contributed by atoms with Crippen molar-refractivity contribution in [3.05, 3.63) is 133 Å². The van der Waals surface area contributed by atoms with Gasteiger partial charge in [-0.05, 0) is 42.5 Å². The van der Waals surface area contributed by atoms with Gasteiger partial charge in [0.1, 0.15) is 5.75 Å². The molecular weight excluding hydrogens is 493 g/mol. The molecule has 2 heterocycles. The van der Waals surface area contributed by atoms with Crippen LogP contribution >= 0.6 is 0 Å². The Bertz CT molecular complexity index is 1910. The van der Waals surface area contributed by atoms with E-state index in [1.807, 2.05) is 78.9 Å². The van der Waals surface area contributed by atoms with E-state index >= 15 is 0 Å². The highest BCUT2D eigenvalue weighted by Gasteiger charge is 2.15. The molecule has 0 aliphatic heterocycles. The number of hydrogen-bond acceptors (Lipinski definition) is 4. The summed E-state index contributed by atoms with van der Waals surface area (Å²) in [7, 11) is 0.707. The SMILES string of the molecule is O[B]Oc1ccc2c(c1)c1ccccc1n2-c1cccc(-c2cc(-c3ccccc3)nc(-c3ccccc3)n2)c1. The molecule has 5 aromatic carbocycles. The van der Waals surface area contributed by atoms with Gasteiger partial charge >= 0.3 is 7.69 Å². The van der Waals surface area contributed by atoms with E-state index in [0.717, 1.165) is 55.6 Å². The van der Waals surface area contributed by atoms with E-state index < -0.39 is 0 Å². The van der Waals surface area contributed by atoms with Gasteiger partial charge < -0.3 is 14.2 Å². The summed E-state index contributed by atoms with van der Waals surface area (Å²) in [4.78, 5) is 9.94. The fraction of sp³-hybridized carbons (Fsp3) is 0. The zero-order valence-electron chi connectivity index (χ0n) is 21.5. The van der Waals surface area contributed by atoms with Crippen LogP contribution < -0.4 is 4.65 Å². The monoisotopic (exact) mass is 516 g/mol. The Balaban J connectivity index is 1.42. The number of rotatable bonds is 6. The van der Waals surface area contributed by atoms with Crippen molar-refractivity contribution in [3.8, 4) is 45.3 Å². The van der Waals surface area contributed by atoms with Crippen molar-refractivity contribution in [2.75, 3.05) is 0 Å². The normalized spacial score (nSPS) is 11.1. The molecule has 7 rings (SSSR count). The molecule has 5 nitrogen and oxygen atoms in total. The summed E-state index contributed by atoms with van der Waals surface area (Å²) in [5, 5.41) is 11.3. The summed E-state index contributed by atoms with van der Waals surface area (Å²) < 4.78 is 7.51. The van der Waals surface area contributed by atoms with Crippen LogP contribution in [0.3, 0.4) is 0 Å². The van der Waals surface area contributed by atoms with Crippen molar-refractivity contribution < 1.29 is 9.68 Å². The molecule has 0 spiro atoms. The minimum Gasteiger partial charge on any atom is -0.537 e. The quantitative estimate of drug-likeness (QED) is 0.233. The Hall–Kier alpha value is -5.20. The van der Waals surface area contributed by atoms with Crippen LogP contribution in [0.25, 0.3) is 61.4 Å². The molecule has 0 amide bonds. The molecule has 0 bridgehead atoms. The number of para-hydroxylation sites is 1. The first kappa shape index (κ1) is 23.9. The molecule has 0 saturated carbocycles. The third kappa shape index (κ3) is 4.30. The maximum absolute atomic E-state index is 9.15. The van der Waals surface area contributed by atoms with Crippen LogP contribution in [0.1, 0.15) is 0 Å². The van der Waals surface area contributed by atoms with E-state index in [2.05, 4.69) is 59.2 Å². The fourth-order valence-electron chi connectivity index (χ4n) is 5.24. The molecule has 7 aromatic rings. The van der Waals surface area contributed by atoms with E-state index in [1.165, 1.54) is 0 Å². The van der Waals surface area contributed by atoms with E-state index in [-0.39, 0.29) is 0 Å². The Morgan fingerprint density at radius 1 is 0.550 bits per heavy atom. The van der Waals surface area contributed by atoms with Gasteiger partial charge in [0.2, 0.25) is 0 Å². The Morgan fingerprint density at radius 3 is 1.98 bits per heavy atom. The van der Waals surface area contributed by atoms with Crippen LogP contribution in [0.2, 0.25) is 0 Å². The van der Waals surface area contributed by atoms with Crippen molar-refractivity contribution >= 4 is 29.5 Å². The van der Waals surface area contributed by atoms with Crippen molar-refractivity contribution in [2.45, 2.75) is 0 Å². The predicted molar refractivity (Wildman–Crippen MR) is 161 cm³/mol. The third-order valence-corrected chi connectivity index (χ3v) is 7.06. The fourth-order valence-corrected chi connectivity index (χ4v) is 5.24. The number of benzene rings is 5. The second-order valence-corrected chi connectivity index (χ2v) is 9.50. The van der Waals surface area contributed by atoms with Crippen LogP contribution in [-0.2, 0) is 0 Å². The number of aromatic nitrogens is 3. The molecule has 0 unspecified atom stereocenters. The zero-order valence-corrected chi connectivity index (χ0v) is 21.5. The van der Waals surface area contributed by atoms with Crippen molar-refractivity contribution in [1.29, 1.82) is 0 Å². The van der Waals surface area contributed by atoms with Crippen LogP contribution in [0.15, 0.2) is 133 Å². The van der Waals surface area contributed by atoms with Crippen LogP contribution in [-0.4, -0.2) is 27.2 Å². The lowest BCUT2D eigenvalue weighted by Gasteiger charge is -2.12. The maximum atomic E-state index is 9.15. The molecule has 0 atom stereocenters. The molecule has 0 aliphatic rings. The van der Waals surface area contributed by atoms with Gasteiger partial charge in [-0.25, -0.2) is 9.97 Å². The minimum absolute atomic E-state index is 0.578. The highest BCUT2D eigenvalue weighted by Crippen LogP contribution is 2.35. The number of nitrogens with zero attached hydrogens (tertiary/aromatic N) is 3. The molecular formula is C34H23BN3O2. The average molecular weight is 516 g/mol. The molecule has 0 saturated heterocycles. The van der Waals surface area contributed by atoms with E-state index in [9.17, 15) is 0 Å². The lowest BCUT2D eigenvalue weighted by atomic mass is 10.1. The summed E-state index contributed by atoms with van der Waals surface area (Å²) in [6, 6.07) is 44.9. The summed E-state index contributed by atoms with van der Waals surface area (Å²) in [5.74, 6) is 1.27. The average Bonchev–Trinajstić information content (AvgIpc) is 3.36. The first-order valence-corrected chi connectivity index (χ1v) is 13.0. The van der Waals surface area contributed by atoms with Crippen molar-refractivity contribution in [1.82, 2.24) is 14.5 Å². The van der Waals surface area contributed by atoms with Crippen LogP contribution in [0, 0.1) is 0 Å². The van der Waals surface area contributed by atoms with E-state index in [0.29, 0.717) is 19.3 Å². The topological polar surface area (TPSA) is 60.2 Å². The first-order chi connectivity index (χ1) is 19.8. The van der Waals surface area contributed by atoms with Crippen molar-refractivity contribution in [3.63, 3.8) is 0 Å². The summed E-state index contributed by atoms with van der Waals surface area (Å²) in [6.07, 6.45) is 0. The minimum atomic E-state index is 0.578. The summed E-state index contributed by atoms with van der Waals surface area (Å²) >= 11 is 0. The molecule has 6 heteroatoms. The molecule has 40 heavy (non-hydrogen) atoms. The highest BCUT2D eigenvalue weighted by atomic mass is 16.5. The smallest absolute Gasteiger partial charge is 0.537 e. The van der Waals surface area contributed by atoms with Gasteiger partial charge in [0.25, 0.3) is 0 Å². The van der Waals surface area contributed by atoms with Gasteiger partial charge in [0.05, 0.1) is 22.4 Å². The molecule has 1 radical (unpaired) electrons. The maximum Gasteiger partial charge on any atom is 0.569 e. The molecule has 0 fully saturated rings. The number of fused-ring (bicyclic) bond motifs is 3. The number of hydrogen-bond donors (Lipinski definition) is 1. The van der Waals surface area contributed by atoms with Gasteiger partial charge in [-0.15, -0.1) is 0 Å². The molecule has 189 valence electrons. The second-order valence-electron chi connectivity index (χ2n) is 9.50. The van der Waals surface area contributed by atoms with Crippen LogP contribution in [0.5, 0.6) is 5.75 Å². The van der Waals surface area contributed by atoms with E-state index in [4.69, 9.17) is 19.6 Å². The largest absolute Gasteiger partial charge is 0.569 e. The lowest BCUT2D eigenvalue weighted by Crippen LogP contribution is -1.99. The highest BCUT2D eigenvalue weighted by molar-refractivity contribution is 6.17. The zero-order chi connectivity index (χ0) is 26.9. The second kappa shape index (κ2) is 10.2. The molecule has 1 N–H and O–H groups in total. The Labute approximate surface area is 232 Å². The van der Waals surface area contributed by atoms with Crippen LogP contribution in [0.4, 0.5) is 0 Å². The van der Waals surface area contributed by atoms with Gasteiger partial charge in [0, 0.05) is 33.2 Å². The summed E-state index contributed by atoms with van der Waals surface area (Å²) in [6.45, 7) is 0. The van der Waals surface area contributed by atoms with Gasteiger partial charge in [-0.1, -0.05) is 91.0 Å². The Kier molecular flexibility index (Phi) is 6.07. The summed E-state index contributed by atoms with van der Waals surface area (Å²) in [5.41, 5.74) is 7.88. The van der Waals surface area contributed by atoms with Gasteiger partial charge in [-0.3, -0.25) is 0 Å². The van der Waals surface area contributed by atoms with Gasteiger partial charge in [0.15, 0.2) is 5.82 Å². The molecule has 0 aliphatic carbocycles. The van der Waals surface area contributed by atoms with Crippen molar-refractivity contribution in [2.24, 2.45) is 0 Å². The predicted octanol–water partition coefficient (Wildman–Crippen LogP) is 7.48. The third-order valence-electron chi connectivity index (χ3n) is 7.06. The Morgan fingerprint density at radius 2 is 1.20 bits per heavy atom. The van der Waals surface area contributed by atoms with E-state index in [1.54, 1.807) is 0 Å². The first-order valence-electron chi connectivity index (χ1n) is 13.0.